The van der Waals surface area contributed by atoms with Gasteiger partial charge in [-0.15, -0.1) is 0 Å². The zero-order valence-electron chi connectivity index (χ0n) is 14.1. The summed E-state index contributed by atoms with van der Waals surface area (Å²) in [7, 11) is 3.13. The molecule has 0 bridgehead atoms. The molecule has 0 atom stereocenters. The number of methoxy groups -OCH3 is 2. The van der Waals surface area contributed by atoms with Gasteiger partial charge in [-0.2, -0.15) is 0 Å². The van der Waals surface area contributed by atoms with Crippen LogP contribution in [0.4, 0.5) is 0 Å². The summed E-state index contributed by atoms with van der Waals surface area (Å²) in [6.07, 6.45) is 0. The minimum absolute atomic E-state index is 0.373. The Morgan fingerprint density at radius 2 is 1.64 bits per heavy atom. The van der Waals surface area contributed by atoms with Gasteiger partial charge < -0.3 is 18.3 Å². The summed E-state index contributed by atoms with van der Waals surface area (Å²) in [5.41, 5.74) is 2.58. The first-order chi connectivity index (χ1) is 12.1. The standard InChI is InChI=1S/C20H16O5/c1-11-4-6-13-14-10-18(21)25-19(20(14)24-16(13)8-11)12-5-7-15(22-2)17(9-12)23-3/h4-10H,1-3H3. The van der Waals surface area contributed by atoms with Crippen molar-refractivity contribution >= 4 is 21.9 Å². The van der Waals surface area contributed by atoms with E-state index in [1.165, 1.54) is 6.07 Å². The van der Waals surface area contributed by atoms with Crippen molar-refractivity contribution in [2.75, 3.05) is 14.2 Å². The van der Waals surface area contributed by atoms with Gasteiger partial charge >= 0.3 is 5.63 Å². The Morgan fingerprint density at radius 1 is 0.840 bits per heavy atom. The predicted molar refractivity (Wildman–Crippen MR) is 95.5 cm³/mol. The van der Waals surface area contributed by atoms with E-state index < -0.39 is 5.63 Å². The molecule has 25 heavy (non-hydrogen) atoms. The van der Waals surface area contributed by atoms with Gasteiger partial charge in [0.15, 0.2) is 22.8 Å². The van der Waals surface area contributed by atoms with Crippen LogP contribution in [0, 0.1) is 6.92 Å². The van der Waals surface area contributed by atoms with Crippen LogP contribution in [0.2, 0.25) is 0 Å². The molecule has 2 heterocycles. The van der Waals surface area contributed by atoms with Gasteiger partial charge in [-0.05, 0) is 36.8 Å². The minimum Gasteiger partial charge on any atom is -0.493 e. The molecule has 2 aromatic heterocycles. The van der Waals surface area contributed by atoms with Crippen molar-refractivity contribution in [3.8, 4) is 22.8 Å². The summed E-state index contributed by atoms with van der Waals surface area (Å²) in [4.78, 5) is 12.1. The molecule has 0 fully saturated rings. The molecule has 0 spiro atoms. The number of fused-ring (bicyclic) bond motifs is 3. The highest BCUT2D eigenvalue weighted by atomic mass is 16.5. The van der Waals surface area contributed by atoms with Gasteiger partial charge in [0.2, 0.25) is 0 Å². The van der Waals surface area contributed by atoms with Crippen LogP contribution in [0.3, 0.4) is 0 Å². The van der Waals surface area contributed by atoms with Gasteiger partial charge in [0.05, 0.1) is 14.2 Å². The smallest absolute Gasteiger partial charge is 0.337 e. The summed E-state index contributed by atoms with van der Waals surface area (Å²) >= 11 is 0. The molecule has 126 valence electrons. The van der Waals surface area contributed by atoms with E-state index in [-0.39, 0.29) is 0 Å². The van der Waals surface area contributed by atoms with Crippen molar-refractivity contribution in [3.63, 3.8) is 0 Å². The van der Waals surface area contributed by atoms with Crippen LogP contribution in [-0.4, -0.2) is 14.2 Å². The van der Waals surface area contributed by atoms with E-state index in [2.05, 4.69) is 0 Å². The first-order valence-electron chi connectivity index (χ1n) is 7.80. The fourth-order valence-electron chi connectivity index (χ4n) is 3.00. The number of furan rings is 1. The lowest BCUT2D eigenvalue weighted by atomic mass is 10.1. The third-order valence-electron chi connectivity index (χ3n) is 4.20. The van der Waals surface area contributed by atoms with E-state index in [4.69, 9.17) is 18.3 Å². The lowest BCUT2D eigenvalue weighted by molar-refractivity contribution is 0.355. The van der Waals surface area contributed by atoms with Crippen LogP contribution in [0.15, 0.2) is 56.1 Å². The second-order valence-electron chi connectivity index (χ2n) is 5.81. The van der Waals surface area contributed by atoms with Crippen molar-refractivity contribution in [3.05, 3.63) is 58.4 Å². The molecule has 0 N–H and O–H groups in total. The Hall–Kier alpha value is -3.21. The van der Waals surface area contributed by atoms with Gasteiger partial charge in [0.25, 0.3) is 0 Å². The van der Waals surface area contributed by atoms with Gasteiger partial charge in [-0.3, -0.25) is 0 Å². The molecule has 0 amide bonds. The lowest BCUT2D eigenvalue weighted by Gasteiger charge is -2.09. The minimum atomic E-state index is -0.430. The summed E-state index contributed by atoms with van der Waals surface area (Å²) in [6.45, 7) is 1.99. The number of hydrogen-bond acceptors (Lipinski definition) is 5. The zero-order chi connectivity index (χ0) is 17.6. The molecule has 5 nitrogen and oxygen atoms in total. The van der Waals surface area contributed by atoms with Crippen molar-refractivity contribution in [1.29, 1.82) is 0 Å². The van der Waals surface area contributed by atoms with Crippen LogP contribution in [-0.2, 0) is 0 Å². The van der Waals surface area contributed by atoms with Gasteiger partial charge in [-0.25, -0.2) is 4.79 Å². The Morgan fingerprint density at radius 3 is 2.40 bits per heavy atom. The van der Waals surface area contributed by atoms with Crippen LogP contribution in [0.1, 0.15) is 5.56 Å². The highest BCUT2D eigenvalue weighted by molar-refractivity contribution is 6.08. The van der Waals surface area contributed by atoms with E-state index in [0.29, 0.717) is 28.4 Å². The summed E-state index contributed by atoms with van der Waals surface area (Å²) in [5, 5.41) is 1.62. The van der Waals surface area contributed by atoms with Gasteiger partial charge in [0.1, 0.15) is 5.58 Å². The fraction of sp³-hybridized carbons (Fsp3) is 0.150. The molecule has 0 aliphatic carbocycles. The highest BCUT2D eigenvalue weighted by Crippen LogP contribution is 2.38. The SMILES string of the molecule is COc1ccc(-c2oc(=O)cc3c2oc2cc(C)ccc23)cc1OC. The van der Waals surface area contributed by atoms with Crippen molar-refractivity contribution in [1.82, 2.24) is 0 Å². The molecular formula is C20H16O5. The second-order valence-corrected chi connectivity index (χ2v) is 5.81. The monoisotopic (exact) mass is 336 g/mol. The Labute approximate surface area is 143 Å². The van der Waals surface area contributed by atoms with Crippen molar-refractivity contribution < 1.29 is 18.3 Å². The number of ether oxygens (including phenoxy) is 2. The molecule has 0 unspecified atom stereocenters. The van der Waals surface area contributed by atoms with E-state index in [1.54, 1.807) is 32.4 Å². The largest absolute Gasteiger partial charge is 0.493 e. The van der Waals surface area contributed by atoms with Gasteiger partial charge in [-0.1, -0.05) is 12.1 Å². The molecule has 0 aliphatic rings. The Bertz CT molecular complexity index is 1150. The molecule has 4 rings (SSSR count). The Kier molecular flexibility index (Phi) is 3.50. The lowest BCUT2D eigenvalue weighted by Crippen LogP contribution is -1.97. The van der Waals surface area contributed by atoms with Crippen LogP contribution in [0.25, 0.3) is 33.3 Å². The molecular weight excluding hydrogens is 320 g/mol. The third kappa shape index (κ3) is 2.45. The number of hydrogen-bond donors (Lipinski definition) is 0. The molecule has 2 aromatic carbocycles. The van der Waals surface area contributed by atoms with E-state index >= 15 is 0 Å². The highest BCUT2D eigenvalue weighted by Gasteiger charge is 2.17. The molecule has 0 saturated heterocycles. The number of benzene rings is 2. The quantitative estimate of drug-likeness (QED) is 0.550. The molecule has 4 aromatic rings. The topological polar surface area (TPSA) is 61.8 Å². The number of rotatable bonds is 3. The second kappa shape index (κ2) is 5.70. The summed E-state index contributed by atoms with van der Waals surface area (Å²) in [6, 6.07) is 12.7. The predicted octanol–water partition coefficient (Wildman–Crippen LogP) is 4.53. The van der Waals surface area contributed by atoms with E-state index in [9.17, 15) is 4.79 Å². The molecule has 0 saturated carbocycles. The number of aryl methyl sites for hydroxylation is 1. The van der Waals surface area contributed by atoms with Crippen molar-refractivity contribution in [2.45, 2.75) is 6.92 Å². The Balaban J connectivity index is 2.04. The maximum absolute atomic E-state index is 12.1. The van der Waals surface area contributed by atoms with Crippen molar-refractivity contribution in [2.24, 2.45) is 0 Å². The fourth-order valence-corrected chi connectivity index (χ4v) is 3.00. The molecule has 5 heteroatoms. The summed E-state index contributed by atoms with van der Waals surface area (Å²) < 4.78 is 22.1. The summed E-state index contributed by atoms with van der Waals surface area (Å²) in [5.74, 6) is 1.52. The maximum Gasteiger partial charge on any atom is 0.337 e. The first-order valence-corrected chi connectivity index (χ1v) is 7.80. The normalized spacial score (nSPS) is 11.2. The average molecular weight is 336 g/mol. The van der Waals surface area contributed by atoms with Crippen LogP contribution < -0.4 is 15.1 Å². The first kappa shape index (κ1) is 15.3. The molecule has 0 aliphatic heterocycles. The maximum atomic E-state index is 12.1. The van der Waals surface area contributed by atoms with Crippen LogP contribution in [0.5, 0.6) is 11.5 Å². The van der Waals surface area contributed by atoms with Gasteiger partial charge in [0, 0.05) is 22.4 Å². The van der Waals surface area contributed by atoms with E-state index in [1.807, 2.05) is 25.1 Å². The van der Waals surface area contributed by atoms with E-state index in [0.717, 1.165) is 21.9 Å². The zero-order valence-corrected chi connectivity index (χ0v) is 14.1. The third-order valence-corrected chi connectivity index (χ3v) is 4.20. The van der Waals surface area contributed by atoms with Crippen LogP contribution >= 0.6 is 0 Å². The average Bonchev–Trinajstić information content (AvgIpc) is 2.97. The molecule has 0 radical (unpaired) electrons.